The number of nitrogens with zero attached hydrogens (tertiary/aromatic N) is 2. The van der Waals surface area contributed by atoms with Crippen molar-refractivity contribution in [2.45, 2.75) is 57.9 Å². The molecular formula is C15H27N3. The van der Waals surface area contributed by atoms with Crippen LogP contribution >= 0.6 is 0 Å². The average molecular weight is 249 g/mol. The standard InChI is InChI=1S/C15H27N3/c1-3-13-5-4-6-14(8-7-13)16-10-9-15-17-11-12-18(15)2/h11-14,16H,3-10H2,1-2H3. The maximum Gasteiger partial charge on any atom is 0.109 e. The van der Waals surface area contributed by atoms with E-state index in [1.165, 1.54) is 44.3 Å². The maximum atomic E-state index is 4.37. The summed E-state index contributed by atoms with van der Waals surface area (Å²) in [5.41, 5.74) is 0. The van der Waals surface area contributed by atoms with E-state index in [0.29, 0.717) is 0 Å². The monoisotopic (exact) mass is 249 g/mol. The van der Waals surface area contributed by atoms with Crippen molar-refractivity contribution in [2.75, 3.05) is 6.54 Å². The summed E-state index contributed by atoms with van der Waals surface area (Å²) in [5, 5.41) is 3.72. The Labute approximate surface area is 111 Å². The van der Waals surface area contributed by atoms with Gasteiger partial charge in [-0.05, 0) is 25.2 Å². The molecule has 1 N–H and O–H groups in total. The van der Waals surface area contributed by atoms with E-state index in [1.54, 1.807) is 0 Å². The first kappa shape index (κ1) is 13.6. The van der Waals surface area contributed by atoms with Crippen LogP contribution in [0.1, 0.15) is 51.3 Å². The molecule has 2 atom stereocenters. The van der Waals surface area contributed by atoms with Gasteiger partial charge in [0.15, 0.2) is 0 Å². The molecule has 1 aliphatic rings. The molecule has 1 aromatic heterocycles. The molecule has 3 heteroatoms. The normalized spacial score (nSPS) is 25.0. The van der Waals surface area contributed by atoms with E-state index in [2.05, 4.69) is 28.8 Å². The quantitative estimate of drug-likeness (QED) is 0.813. The van der Waals surface area contributed by atoms with Crippen LogP contribution in [0, 0.1) is 5.92 Å². The molecule has 0 bridgehead atoms. The highest BCUT2D eigenvalue weighted by atomic mass is 15.0. The predicted molar refractivity (Wildman–Crippen MR) is 75.6 cm³/mol. The van der Waals surface area contributed by atoms with Gasteiger partial charge in [0.1, 0.15) is 5.82 Å². The van der Waals surface area contributed by atoms with Gasteiger partial charge in [0, 0.05) is 38.4 Å². The summed E-state index contributed by atoms with van der Waals surface area (Å²) in [4.78, 5) is 4.37. The SMILES string of the molecule is CCC1CCCC(NCCc2nccn2C)CC1. The molecule has 1 heterocycles. The summed E-state index contributed by atoms with van der Waals surface area (Å²) in [7, 11) is 2.07. The largest absolute Gasteiger partial charge is 0.338 e. The zero-order valence-corrected chi connectivity index (χ0v) is 11.9. The second-order valence-corrected chi connectivity index (χ2v) is 5.64. The van der Waals surface area contributed by atoms with Crippen LogP contribution < -0.4 is 5.32 Å². The van der Waals surface area contributed by atoms with Crippen molar-refractivity contribution in [1.82, 2.24) is 14.9 Å². The van der Waals surface area contributed by atoms with E-state index >= 15 is 0 Å². The summed E-state index contributed by atoms with van der Waals surface area (Å²) < 4.78 is 2.11. The van der Waals surface area contributed by atoms with Crippen molar-refractivity contribution in [3.63, 3.8) is 0 Å². The zero-order chi connectivity index (χ0) is 12.8. The summed E-state index contributed by atoms with van der Waals surface area (Å²) in [6, 6.07) is 0.738. The minimum atomic E-state index is 0.738. The summed E-state index contributed by atoms with van der Waals surface area (Å²) >= 11 is 0. The Morgan fingerprint density at radius 1 is 1.33 bits per heavy atom. The molecule has 0 aliphatic heterocycles. The van der Waals surface area contributed by atoms with Gasteiger partial charge in [0.2, 0.25) is 0 Å². The minimum Gasteiger partial charge on any atom is -0.338 e. The molecule has 0 aromatic carbocycles. The number of hydrogen-bond acceptors (Lipinski definition) is 2. The molecule has 18 heavy (non-hydrogen) atoms. The Hall–Kier alpha value is -0.830. The molecule has 2 rings (SSSR count). The summed E-state index contributed by atoms with van der Waals surface area (Å²) in [5.74, 6) is 2.16. The van der Waals surface area contributed by atoms with E-state index in [1.807, 2.05) is 12.4 Å². The van der Waals surface area contributed by atoms with E-state index < -0.39 is 0 Å². The zero-order valence-electron chi connectivity index (χ0n) is 11.9. The van der Waals surface area contributed by atoms with Gasteiger partial charge in [-0.3, -0.25) is 0 Å². The number of hydrogen-bond donors (Lipinski definition) is 1. The lowest BCUT2D eigenvalue weighted by atomic mass is 9.98. The highest BCUT2D eigenvalue weighted by Crippen LogP contribution is 2.25. The Bertz CT molecular complexity index is 345. The van der Waals surface area contributed by atoms with Crippen LogP contribution in [0.4, 0.5) is 0 Å². The highest BCUT2D eigenvalue weighted by Gasteiger charge is 2.17. The molecule has 1 aliphatic carbocycles. The number of nitrogens with one attached hydrogen (secondary N) is 1. The number of imidazole rings is 1. The average Bonchev–Trinajstić information content (AvgIpc) is 2.66. The Morgan fingerprint density at radius 3 is 2.94 bits per heavy atom. The second kappa shape index (κ2) is 6.93. The van der Waals surface area contributed by atoms with E-state index in [-0.39, 0.29) is 0 Å². The first-order valence-corrected chi connectivity index (χ1v) is 7.49. The van der Waals surface area contributed by atoms with Crippen LogP contribution in [-0.2, 0) is 13.5 Å². The van der Waals surface area contributed by atoms with E-state index in [0.717, 1.165) is 24.9 Å². The third kappa shape index (κ3) is 3.84. The molecule has 1 aromatic rings. The van der Waals surface area contributed by atoms with Crippen LogP contribution in [0.25, 0.3) is 0 Å². The summed E-state index contributed by atoms with van der Waals surface area (Å²) in [6.45, 7) is 3.39. The Balaban J connectivity index is 1.69. The van der Waals surface area contributed by atoms with Crippen molar-refractivity contribution < 1.29 is 0 Å². The molecule has 3 nitrogen and oxygen atoms in total. The van der Waals surface area contributed by atoms with E-state index in [4.69, 9.17) is 0 Å². The van der Waals surface area contributed by atoms with Gasteiger partial charge in [-0.25, -0.2) is 4.98 Å². The van der Waals surface area contributed by atoms with Crippen molar-refractivity contribution >= 4 is 0 Å². The van der Waals surface area contributed by atoms with Gasteiger partial charge in [-0.15, -0.1) is 0 Å². The molecule has 102 valence electrons. The third-order valence-corrected chi connectivity index (χ3v) is 4.37. The first-order chi connectivity index (χ1) is 8.79. The van der Waals surface area contributed by atoms with Gasteiger partial charge >= 0.3 is 0 Å². The molecular weight excluding hydrogens is 222 g/mol. The van der Waals surface area contributed by atoms with Crippen LogP contribution in [0.15, 0.2) is 12.4 Å². The number of aryl methyl sites for hydroxylation is 1. The molecule has 0 amide bonds. The lowest BCUT2D eigenvalue weighted by Crippen LogP contribution is -2.30. The van der Waals surface area contributed by atoms with Crippen LogP contribution in [0.3, 0.4) is 0 Å². The topological polar surface area (TPSA) is 29.9 Å². The van der Waals surface area contributed by atoms with Gasteiger partial charge in [-0.2, -0.15) is 0 Å². The first-order valence-electron chi connectivity index (χ1n) is 7.49. The number of rotatable bonds is 5. The van der Waals surface area contributed by atoms with Gasteiger partial charge < -0.3 is 9.88 Å². The Kier molecular flexibility index (Phi) is 5.24. The van der Waals surface area contributed by atoms with Crippen LogP contribution in [0.5, 0.6) is 0 Å². The van der Waals surface area contributed by atoms with Crippen molar-refractivity contribution in [3.05, 3.63) is 18.2 Å². The fraction of sp³-hybridized carbons (Fsp3) is 0.800. The molecule has 0 spiro atoms. The van der Waals surface area contributed by atoms with Crippen LogP contribution in [-0.4, -0.2) is 22.1 Å². The van der Waals surface area contributed by atoms with Crippen LogP contribution in [0.2, 0.25) is 0 Å². The lowest BCUT2D eigenvalue weighted by Gasteiger charge is -2.16. The molecule has 0 saturated heterocycles. The molecule has 2 unspecified atom stereocenters. The molecule has 1 saturated carbocycles. The fourth-order valence-electron chi connectivity index (χ4n) is 3.02. The fourth-order valence-corrected chi connectivity index (χ4v) is 3.02. The van der Waals surface area contributed by atoms with Gasteiger partial charge in [-0.1, -0.05) is 26.2 Å². The predicted octanol–water partition coefficient (Wildman–Crippen LogP) is 2.91. The van der Waals surface area contributed by atoms with Crippen molar-refractivity contribution in [2.24, 2.45) is 13.0 Å². The van der Waals surface area contributed by atoms with E-state index in [9.17, 15) is 0 Å². The molecule has 1 fully saturated rings. The summed E-state index contributed by atoms with van der Waals surface area (Å²) in [6.07, 6.45) is 13.3. The van der Waals surface area contributed by atoms with Gasteiger partial charge in [0.25, 0.3) is 0 Å². The Morgan fingerprint density at radius 2 is 2.22 bits per heavy atom. The van der Waals surface area contributed by atoms with Crippen molar-refractivity contribution in [1.29, 1.82) is 0 Å². The highest BCUT2D eigenvalue weighted by molar-refractivity contribution is 4.91. The van der Waals surface area contributed by atoms with Gasteiger partial charge in [0.05, 0.1) is 0 Å². The second-order valence-electron chi connectivity index (χ2n) is 5.64. The maximum absolute atomic E-state index is 4.37. The molecule has 0 radical (unpaired) electrons. The third-order valence-electron chi connectivity index (χ3n) is 4.37. The lowest BCUT2D eigenvalue weighted by molar-refractivity contribution is 0.425. The minimum absolute atomic E-state index is 0.738. The smallest absolute Gasteiger partial charge is 0.109 e. The van der Waals surface area contributed by atoms with Crippen molar-refractivity contribution in [3.8, 4) is 0 Å². The number of aromatic nitrogens is 2.